The topological polar surface area (TPSA) is 70.1 Å². The Bertz CT molecular complexity index is 658. The number of piperidine rings is 1. The molecule has 0 amide bonds. The molecule has 3 heterocycles. The lowest BCUT2D eigenvalue weighted by Gasteiger charge is -2.34. The van der Waals surface area contributed by atoms with E-state index in [9.17, 15) is 0 Å². The summed E-state index contributed by atoms with van der Waals surface area (Å²) in [5, 5.41) is 3.46. The number of aromatic nitrogens is 4. The third kappa shape index (κ3) is 3.85. The molecule has 0 aliphatic carbocycles. The van der Waals surface area contributed by atoms with E-state index in [1.165, 1.54) is 0 Å². The van der Waals surface area contributed by atoms with Crippen LogP contribution in [0.5, 0.6) is 0 Å². The summed E-state index contributed by atoms with van der Waals surface area (Å²) in [6.45, 7) is 3.84. The number of rotatable bonds is 4. The maximum absolute atomic E-state index is 4.54. The molecule has 0 aromatic carbocycles. The van der Waals surface area contributed by atoms with Gasteiger partial charge in [0.05, 0.1) is 0 Å². The van der Waals surface area contributed by atoms with Crippen molar-refractivity contribution in [3.05, 3.63) is 30.4 Å². The maximum Gasteiger partial charge on any atom is 0.224 e. The van der Waals surface area contributed by atoms with E-state index in [4.69, 9.17) is 0 Å². The van der Waals surface area contributed by atoms with Gasteiger partial charge in [-0.1, -0.05) is 0 Å². The molecule has 0 spiro atoms. The van der Waals surface area contributed by atoms with E-state index in [1.54, 1.807) is 6.20 Å². The summed E-state index contributed by atoms with van der Waals surface area (Å²) in [6, 6.07) is 4.19. The molecule has 1 aliphatic heterocycles. The highest BCUT2D eigenvalue weighted by Crippen LogP contribution is 2.19. The normalized spacial score (nSPS) is 17.9. The number of hydrogen-bond acceptors (Lipinski definition) is 7. The van der Waals surface area contributed by atoms with Gasteiger partial charge in [0.2, 0.25) is 5.95 Å². The molecule has 3 rings (SSSR count). The van der Waals surface area contributed by atoms with Crippen LogP contribution in [0.1, 0.15) is 18.7 Å². The Morgan fingerprint density at radius 2 is 2.00 bits per heavy atom. The standard InChI is InChI=1S/C16H23N7/c1-12-17-8-7-15(19-12)23-10-4-5-13(11-23)20-16-18-9-6-14(21-16)22(2)3/h6-9,13H,4-5,10-11H2,1-3H3,(H,18,20,21). The maximum atomic E-state index is 4.54. The van der Waals surface area contributed by atoms with Gasteiger partial charge in [0.1, 0.15) is 17.5 Å². The van der Waals surface area contributed by atoms with Gasteiger partial charge >= 0.3 is 0 Å². The van der Waals surface area contributed by atoms with Crippen molar-refractivity contribution in [3.63, 3.8) is 0 Å². The fourth-order valence-corrected chi connectivity index (χ4v) is 2.77. The van der Waals surface area contributed by atoms with Crippen LogP contribution in [-0.2, 0) is 0 Å². The van der Waals surface area contributed by atoms with E-state index < -0.39 is 0 Å². The summed E-state index contributed by atoms with van der Waals surface area (Å²) in [4.78, 5) is 21.8. The molecule has 0 radical (unpaired) electrons. The van der Waals surface area contributed by atoms with Gasteiger partial charge in [0, 0.05) is 45.6 Å². The Labute approximate surface area is 136 Å². The molecule has 1 aliphatic rings. The van der Waals surface area contributed by atoms with Crippen molar-refractivity contribution in [1.29, 1.82) is 0 Å². The predicted octanol–water partition coefficient (Wildman–Crippen LogP) is 1.72. The molecule has 1 saturated heterocycles. The molecule has 1 fully saturated rings. The second-order valence-electron chi connectivity index (χ2n) is 6.02. The van der Waals surface area contributed by atoms with Gasteiger partial charge in [-0.2, -0.15) is 4.98 Å². The number of hydrogen-bond donors (Lipinski definition) is 1. The Morgan fingerprint density at radius 3 is 2.78 bits per heavy atom. The molecule has 2 aromatic rings. The minimum absolute atomic E-state index is 0.316. The Balaban J connectivity index is 1.68. The summed E-state index contributed by atoms with van der Waals surface area (Å²) in [5.74, 6) is 3.38. The lowest BCUT2D eigenvalue weighted by atomic mass is 10.1. The zero-order valence-corrected chi connectivity index (χ0v) is 13.9. The van der Waals surface area contributed by atoms with Gasteiger partial charge in [-0.05, 0) is 31.9 Å². The fourth-order valence-electron chi connectivity index (χ4n) is 2.77. The van der Waals surface area contributed by atoms with Crippen molar-refractivity contribution in [2.45, 2.75) is 25.8 Å². The molecule has 1 atom stereocenters. The van der Waals surface area contributed by atoms with Crippen LogP contribution in [0.25, 0.3) is 0 Å². The molecule has 7 heteroatoms. The molecule has 23 heavy (non-hydrogen) atoms. The highest BCUT2D eigenvalue weighted by atomic mass is 15.2. The van der Waals surface area contributed by atoms with Crippen LogP contribution in [0.4, 0.5) is 17.6 Å². The smallest absolute Gasteiger partial charge is 0.224 e. The molecule has 0 bridgehead atoms. The molecule has 7 nitrogen and oxygen atoms in total. The highest BCUT2D eigenvalue weighted by Gasteiger charge is 2.21. The van der Waals surface area contributed by atoms with Crippen molar-refractivity contribution >= 4 is 17.6 Å². The lowest BCUT2D eigenvalue weighted by Crippen LogP contribution is -2.43. The van der Waals surface area contributed by atoms with Crippen molar-refractivity contribution in [3.8, 4) is 0 Å². The summed E-state index contributed by atoms with van der Waals surface area (Å²) in [6.07, 6.45) is 5.83. The van der Waals surface area contributed by atoms with Gasteiger partial charge < -0.3 is 15.1 Å². The van der Waals surface area contributed by atoms with E-state index >= 15 is 0 Å². The number of anilines is 3. The SMILES string of the molecule is Cc1nccc(N2CCCC(Nc3nccc(N(C)C)n3)C2)n1. The van der Waals surface area contributed by atoms with E-state index in [0.717, 1.165) is 43.4 Å². The average Bonchev–Trinajstić information content (AvgIpc) is 2.55. The number of nitrogens with one attached hydrogen (secondary N) is 1. The molecule has 1 unspecified atom stereocenters. The van der Waals surface area contributed by atoms with Crippen molar-refractivity contribution in [2.24, 2.45) is 0 Å². The zero-order valence-electron chi connectivity index (χ0n) is 13.9. The number of nitrogens with zero attached hydrogens (tertiary/aromatic N) is 6. The largest absolute Gasteiger partial charge is 0.363 e. The van der Waals surface area contributed by atoms with Crippen LogP contribution in [0.15, 0.2) is 24.5 Å². The molecular formula is C16H23N7. The minimum Gasteiger partial charge on any atom is -0.363 e. The van der Waals surface area contributed by atoms with Crippen LogP contribution >= 0.6 is 0 Å². The van der Waals surface area contributed by atoms with Crippen LogP contribution in [-0.4, -0.2) is 53.2 Å². The predicted molar refractivity (Wildman–Crippen MR) is 92.0 cm³/mol. The van der Waals surface area contributed by atoms with Crippen LogP contribution in [0.2, 0.25) is 0 Å². The van der Waals surface area contributed by atoms with Gasteiger partial charge in [-0.3, -0.25) is 0 Å². The van der Waals surface area contributed by atoms with Crippen LogP contribution < -0.4 is 15.1 Å². The minimum atomic E-state index is 0.316. The van der Waals surface area contributed by atoms with Gasteiger partial charge in [0.25, 0.3) is 0 Å². The monoisotopic (exact) mass is 313 g/mol. The van der Waals surface area contributed by atoms with E-state index in [-0.39, 0.29) is 0 Å². The first-order valence-corrected chi connectivity index (χ1v) is 7.93. The lowest BCUT2D eigenvalue weighted by molar-refractivity contribution is 0.523. The summed E-state index contributed by atoms with van der Waals surface area (Å²) < 4.78 is 0. The van der Waals surface area contributed by atoms with Crippen molar-refractivity contribution in [2.75, 3.05) is 42.3 Å². The molecule has 122 valence electrons. The Kier molecular flexibility index (Phi) is 4.55. The van der Waals surface area contributed by atoms with Gasteiger partial charge in [-0.15, -0.1) is 0 Å². The summed E-state index contributed by atoms with van der Waals surface area (Å²) >= 11 is 0. The quantitative estimate of drug-likeness (QED) is 0.921. The van der Waals surface area contributed by atoms with Gasteiger partial charge in [-0.25, -0.2) is 15.0 Å². The Morgan fingerprint density at radius 1 is 1.17 bits per heavy atom. The second-order valence-corrected chi connectivity index (χ2v) is 6.02. The third-order valence-corrected chi connectivity index (χ3v) is 3.94. The molecule has 0 saturated carbocycles. The zero-order chi connectivity index (χ0) is 16.2. The fraction of sp³-hybridized carbons (Fsp3) is 0.500. The van der Waals surface area contributed by atoms with E-state index in [1.807, 2.05) is 44.2 Å². The van der Waals surface area contributed by atoms with Crippen LogP contribution in [0.3, 0.4) is 0 Å². The summed E-state index contributed by atoms with van der Waals surface area (Å²) in [5.41, 5.74) is 0. The number of aryl methyl sites for hydroxylation is 1. The average molecular weight is 313 g/mol. The first-order valence-electron chi connectivity index (χ1n) is 7.93. The van der Waals surface area contributed by atoms with Crippen molar-refractivity contribution < 1.29 is 0 Å². The molecular weight excluding hydrogens is 290 g/mol. The van der Waals surface area contributed by atoms with E-state index in [0.29, 0.717) is 12.0 Å². The first kappa shape index (κ1) is 15.5. The highest BCUT2D eigenvalue weighted by molar-refractivity contribution is 5.43. The second kappa shape index (κ2) is 6.76. The van der Waals surface area contributed by atoms with Gasteiger partial charge in [0.15, 0.2) is 0 Å². The third-order valence-electron chi connectivity index (χ3n) is 3.94. The molecule has 2 aromatic heterocycles. The van der Waals surface area contributed by atoms with E-state index in [2.05, 4.69) is 30.2 Å². The first-order chi connectivity index (χ1) is 11.1. The van der Waals surface area contributed by atoms with Crippen molar-refractivity contribution in [1.82, 2.24) is 19.9 Å². The summed E-state index contributed by atoms with van der Waals surface area (Å²) in [7, 11) is 3.96. The Hall–Kier alpha value is -2.44. The van der Waals surface area contributed by atoms with Crippen LogP contribution in [0, 0.1) is 6.92 Å². The molecule has 1 N–H and O–H groups in total.